The molecule has 1 fully saturated rings. The van der Waals surface area contributed by atoms with Gasteiger partial charge in [0.25, 0.3) is 0 Å². The lowest BCUT2D eigenvalue weighted by atomic mass is 9.89. The average Bonchev–Trinajstić information content (AvgIpc) is 3.18. The minimum Gasteiger partial charge on any atom is -0.383 e. The number of nitrogens with one attached hydrogen (secondary N) is 2. The summed E-state index contributed by atoms with van der Waals surface area (Å²) in [5, 5.41) is 6.59. The Morgan fingerprint density at radius 1 is 1.26 bits per heavy atom. The van der Waals surface area contributed by atoms with Gasteiger partial charge in [-0.05, 0) is 55.0 Å². The molecule has 2 amide bonds. The number of likely N-dealkylation sites (tertiary alicyclic amines) is 1. The second-order valence-corrected chi connectivity index (χ2v) is 9.06. The van der Waals surface area contributed by atoms with E-state index < -0.39 is 11.8 Å². The Balaban J connectivity index is 1.58. The van der Waals surface area contributed by atoms with E-state index in [2.05, 4.69) is 27.5 Å². The third-order valence-electron chi connectivity index (χ3n) is 5.66. The summed E-state index contributed by atoms with van der Waals surface area (Å²) in [4.78, 5) is 36.2. The molecule has 8 nitrogen and oxygen atoms in total. The summed E-state index contributed by atoms with van der Waals surface area (Å²) in [7, 11) is 1.85. The van der Waals surface area contributed by atoms with Crippen LogP contribution >= 0.6 is 11.3 Å². The molecule has 1 aliphatic heterocycles. The second kappa shape index (κ2) is 8.50. The summed E-state index contributed by atoms with van der Waals surface area (Å²) in [6.45, 7) is 4.44. The molecule has 0 radical (unpaired) electrons. The van der Waals surface area contributed by atoms with Crippen molar-refractivity contribution in [3.8, 4) is 0 Å². The van der Waals surface area contributed by atoms with Crippen molar-refractivity contribution in [2.24, 2.45) is 5.92 Å². The average molecular weight is 439 g/mol. The van der Waals surface area contributed by atoms with Crippen molar-refractivity contribution < 1.29 is 9.59 Å². The Bertz CT molecular complexity index is 1140. The van der Waals surface area contributed by atoms with Crippen molar-refractivity contribution >= 4 is 50.0 Å². The number of hydrogen-bond donors (Lipinski definition) is 3. The number of pyridine rings is 1. The standard InChI is InChI=1S/C22H26N6O2S/c1-12-4-6-17(14-5-7-18-16(9-14)27-22(24-3)31-18)28(11-12)21(30)20(29)26-15-8-13(2)19(23)25-10-15/h5,7-10,12,17H,4,6,11H2,1-3H3,(H2,23,25)(H,24,27)(H,26,29)/t12-,17+/m0/s1. The molecule has 0 unspecified atom stereocenters. The zero-order valence-corrected chi connectivity index (χ0v) is 18.6. The summed E-state index contributed by atoms with van der Waals surface area (Å²) >= 11 is 1.59. The molecule has 2 aromatic heterocycles. The monoisotopic (exact) mass is 438 g/mol. The first-order chi connectivity index (χ1) is 14.9. The van der Waals surface area contributed by atoms with Crippen LogP contribution in [-0.4, -0.2) is 40.3 Å². The molecule has 4 rings (SSSR count). The maximum absolute atomic E-state index is 13.1. The number of fused-ring (bicyclic) bond motifs is 1. The summed E-state index contributed by atoms with van der Waals surface area (Å²) in [6, 6.07) is 7.64. The van der Waals surface area contributed by atoms with Gasteiger partial charge >= 0.3 is 11.8 Å². The van der Waals surface area contributed by atoms with Crippen LogP contribution in [-0.2, 0) is 9.59 Å². The molecule has 162 valence electrons. The van der Waals surface area contributed by atoms with Gasteiger partial charge in [-0.2, -0.15) is 0 Å². The molecule has 0 spiro atoms. The molecule has 0 saturated carbocycles. The van der Waals surface area contributed by atoms with Crippen LogP contribution in [0, 0.1) is 12.8 Å². The molecule has 3 aromatic rings. The molecule has 1 saturated heterocycles. The van der Waals surface area contributed by atoms with Gasteiger partial charge in [-0.3, -0.25) is 9.59 Å². The number of carbonyl (C=O) groups excluding carboxylic acids is 2. The van der Waals surface area contributed by atoms with Crippen molar-refractivity contribution in [1.82, 2.24) is 14.9 Å². The first-order valence-electron chi connectivity index (χ1n) is 10.3. The highest BCUT2D eigenvalue weighted by Gasteiger charge is 2.34. The van der Waals surface area contributed by atoms with Crippen LogP contribution < -0.4 is 16.4 Å². The predicted octanol–water partition coefficient (Wildman–Crippen LogP) is 3.56. The number of carbonyl (C=O) groups is 2. The van der Waals surface area contributed by atoms with Gasteiger partial charge in [-0.15, -0.1) is 0 Å². The zero-order chi connectivity index (χ0) is 22.1. The van der Waals surface area contributed by atoms with Crippen LogP contribution in [0.5, 0.6) is 0 Å². The first kappa shape index (κ1) is 21.0. The number of thiazole rings is 1. The Labute approximate surface area is 184 Å². The minimum atomic E-state index is -0.669. The van der Waals surface area contributed by atoms with Crippen LogP contribution in [0.3, 0.4) is 0 Å². The highest BCUT2D eigenvalue weighted by atomic mass is 32.1. The number of anilines is 3. The van der Waals surface area contributed by atoms with E-state index in [0.29, 0.717) is 24.0 Å². The number of amides is 2. The second-order valence-electron chi connectivity index (χ2n) is 8.03. The maximum atomic E-state index is 13.1. The number of hydrogen-bond acceptors (Lipinski definition) is 7. The van der Waals surface area contributed by atoms with E-state index >= 15 is 0 Å². The minimum absolute atomic E-state index is 0.162. The fourth-order valence-electron chi connectivity index (χ4n) is 3.95. The smallest absolute Gasteiger partial charge is 0.313 e. The fourth-order valence-corrected chi connectivity index (χ4v) is 4.75. The van der Waals surface area contributed by atoms with E-state index in [1.165, 1.54) is 6.20 Å². The van der Waals surface area contributed by atoms with Gasteiger partial charge in [0, 0.05) is 13.6 Å². The highest BCUT2D eigenvalue weighted by molar-refractivity contribution is 7.22. The van der Waals surface area contributed by atoms with Crippen molar-refractivity contribution in [3.63, 3.8) is 0 Å². The maximum Gasteiger partial charge on any atom is 0.313 e. The van der Waals surface area contributed by atoms with Gasteiger partial charge in [0.05, 0.1) is 28.1 Å². The molecule has 31 heavy (non-hydrogen) atoms. The van der Waals surface area contributed by atoms with E-state index in [1.807, 2.05) is 25.2 Å². The molecule has 1 aliphatic rings. The van der Waals surface area contributed by atoms with Crippen molar-refractivity contribution in [1.29, 1.82) is 0 Å². The largest absolute Gasteiger partial charge is 0.383 e. The number of aromatic nitrogens is 2. The van der Waals surface area contributed by atoms with E-state index in [-0.39, 0.29) is 6.04 Å². The zero-order valence-electron chi connectivity index (χ0n) is 17.8. The molecule has 0 aliphatic carbocycles. The summed E-state index contributed by atoms with van der Waals surface area (Å²) < 4.78 is 1.08. The van der Waals surface area contributed by atoms with Crippen LogP contribution in [0.1, 0.15) is 36.9 Å². The van der Waals surface area contributed by atoms with Gasteiger partial charge < -0.3 is 21.3 Å². The summed E-state index contributed by atoms with van der Waals surface area (Å²) in [5.74, 6) is -0.488. The van der Waals surface area contributed by atoms with Crippen LogP contribution in [0.25, 0.3) is 10.2 Å². The molecule has 4 N–H and O–H groups in total. The number of piperidine rings is 1. The highest BCUT2D eigenvalue weighted by Crippen LogP contribution is 2.36. The van der Waals surface area contributed by atoms with Crippen LogP contribution in [0.15, 0.2) is 30.5 Å². The predicted molar refractivity (Wildman–Crippen MR) is 124 cm³/mol. The number of benzene rings is 1. The Kier molecular flexibility index (Phi) is 5.77. The third-order valence-corrected chi connectivity index (χ3v) is 6.71. The lowest BCUT2D eigenvalue weighted by Crippen LogP contribution is -2.46. The first-order valence-corrected chi connectivity index (χ1v) is 11.1. The van der Waals surface area contributed by atoms with Gasteiger partial charge in [0.15, 0.2) is 5.13 Å². The molecule has 3 heterocycles. The molecular formula is C22H26N6O2S. The van der Waals surface area contributed by atoms with Gasteiger partial charge in [0.2, 0.25) is 0 Å². The fraction of sp³-hybridized carbons (Fsp3) is 0.364. The molecule has 1 aromatic carbocycles. The number of nitrogens with zero attached hydrogens (tertiary/aromatic N) is 3. The SMILES string of the molecule is CNc1nc2cc([C@H]3CC[C@H](C)CN3C(=O)C(=O)Nc3cnc(N)c(C)c3)ccc2s1. The van der Waals surface area contributed by atoms with Crippen molar-refractivity contribution in [2.45, 2.75) is 32.7 Å². The van der Waals surface area contributed by atoms with Gasteiger partial charge in [-0.25, -0.2) is 9.97 Å². The normalized spacial score (nSPS) is 18.7. The van der Waals surface area contributed by atoms with E-state index in [4.69, 9.17) is 5.73 Å². The van der Waals surface area contributed by atoms with Gasteiger partial charge in [-0.1, -0.05) is 24.3 Å². The topological polar surface area (TPSA) is 113 Å². The third kappa shape index (κ3) is 4.32. The molecule has 2 atom stereocenters. The molecule has 0 bridgehead atoms. The Morgan fingerprint density at radius 2 is 2.06 bits per heavy atom. The summed E-state index contributed by atoms with van der Waals surface area (Å²) in [5.41, 5.74) is 8.83. The van der Waals surface area contributed by atoms with Crippen molar-refractivity contribution in [2.75, 3.05) is 30.0 Å². The molecular weight excluding hydrogens is 412 g/mol. The molecule has 9 heteroatoms. The Hall–Kier alpha value is -3.20. The van der Waals surface area contributed by atoms with Crippen LogP contribution in [0.4, 0.5) is 16.6 Å². The quantitative estimate of drug-likeness (QED) is 0.539. The van der Waals surface area contributed by atoms with Crippen LogP contribution in [0.2, 0.25) is 0 Å². The van der Waals surface area contributed by atoms with E-state index in [9.17, 15) is 9.59 Å². The number of aryl methyl sites for hydroxylation is 1. The van der Waals surface area contributed by atoms with Crippen molar-refractivity contribution in [3.05, 3.63) is 41.6 Å². The number of nitrogen functional groups attached to an aromatic ring is 1. The number of nitrogens with two attached hydrogens (primary N) is 1. The Morgan fingerprint density at radius 3 is 2.81 bits per heavy atom. The van der Waals surface area contributed by atoms with Gasteiger partial charge in [0.1, 0.15) is 5.82 Å². The lowest BCUT2D eigenvalue weighted by molar-refractivity contribution is -0.146. The summed E-state index contributed by atoms with van der Waals surface area (Å²) in [6.07, 6.45) is 3.25. The van der Waals surface area contributed by atoms with E-state index in [1.54, 1.807) is 29.2 Å². The lowest BCUT2D eigenvalue weighted by Gasteiger charge is -2.38. The number of rotatable bonds is 3. The van der Waals surface area contributed by atoms with E-state index in [0.717, 1.165) is 39.3 Å².